The van der Waals surface area contributed by atoms with Gasteiger partial charge in [-0.3, -0.25) is 9.69 Å². The molecule has 1 aromatic carbocycles. The standard InChI is InChI=1S/C20H30N2O4/c1-15-10-17(21-19(24)26-20(2,3)4)12-22(11-15)13-18(23)25-14-16-8-6-5-7-9-16/h5-9,15,17H,10-14H2,1-4H3,(H,21,24). The Bertz CT molecular complexity index is 598. The fourth-order valence-corrected chi connectivity index (χ4v) is 3.14. The minimum Gasteiger partial charge on any atom is -0.460 e. The van der Waals surface area contributed by atoms with Gasteiger partial charge in [0.25, 0.3) is 0 Å². The number of alkyl carbamates (subject to hydrolysis) is 1. The molecule has 2 atom stereocenters. The van der Waals surface area contributed by atoms with Gasteiger partial charge in [-0.05, 0) is 38.7 Å². The molecule has 0 saturated carbocycles. The second-order valence-corrected chi connectivity index (χ2v) is 8.02. The number of nitrogens with zero attached hydrogens (tertiary/aromatic N) is 1. The first-order chi connectivity index (χ1) is 12.2. The van der Waals surface area contributed by atoms with Crippen molar-refractivity contribution in [2.45, 2.75) is 52.4 Å². The number of carbonyl (C=O) groups excluding carboxylic acids is 2. The van der Waals surface area contributed by atoms with Crippen molar-refractivity contribution in [2.75, 3.05) is 19.6 Å². The number of carbonyl (C=O) groups is 2. The van der Waals surface area contributed by atoms with E-state index in [1.54, 1.807) is 0 Å². The van der Waals surface area contributed by atoms with E-state index in [4.69, 9.17) is 9.47 Å². The largest absolute Gasteiger partial charge is 0.460 e. The molecule has 1 aromatic rings. The van der Waals surface area contributed by atoms with Crippen molar-refractivity contribution >= 4 is 12.1 Å². The van der Waals surface area contributed by atoms with Gasteiger partial charge < -0.3 is 14.8 Å². The highest BCUT2D eigenvalue weighted by molar-refractivity contribution is 5.71. The van der Waals surface area contributed by atoms with Gasteiger partial charge in [-0.2, -0.15) is 0 Å². The van der Waals surface area contributed by atoms with Crippen LogP contribution in [0.5, 0.6) is 0 Å². The molecule has 6 nitrogen and oxygen atoms in total. The maximum Gasteiger partial charge on any atom is 0.407 e. The minimum atomic E-state index is -0.523. The van der Waals surface area contributed by atoms with Crippen LogP contribution in [0, 0.1) is 5.92 Å². The zero-order chi connectivity index (χ0) is 19.2. The number of rotatable bonds is 5. The van der Waals surface area contributed by atoms with Crippen molar-refractivity contribution in [2.24, 2.45) is 5.92 Å². The number of piperidine rings is 1. The van der Waals surface area contributed by atoms with E-state index in [2.05, 4.69) is 12.2 Å². The maximum absolute atomic E-state index is 12.1. The first-order valence-electron chi connectivity index (χ1n) is 9.12. The van der Waals surface area contributed by atoms with E-state index in [0.717, 1.165) is 18.5 Å². The normalized spacial score (nSPS) is 21.1. The van der Waals surface area contributed by atoms with Crippen LogP contribution >= 0.6 is 0 Å². The first kappa shape index (κ1) is 20.2. The quantitative estimate of drug-likeness (QED) is 0.816. The molecule has 144 valence electrons. The number of ether oxygens (including phenoxy) is 2. The summed E-state index contributed by atoms with van der Waals surface area (Å²) in [4.78, 5) is 26.1. The van der Waals surface area contributed by atoms with Crippen LogP contribution in [0.25, 0.3) is 0 Å². The number of likely N-dealkylation sites (tertiary alicyclic amines) is 1. The molecule has 2 rings (SSSR count). The fourth-order valence-electron chi connectivity index (χ4n) is 3.14. The number of nitrogens with one attached hydrogen (secondary N) is 1. The highest BCUT2D eigenvalue weighted by Gasteiger charge is 2.28. The highest BCUT2D eigenvalue weighted by Crippen LogP contribution is 2.17. The summed E-state index contributed by atoms with van der Waals surface area (Å²) >= 11 is 0. The molecule has 1 aliphatic heterocycles. The monoisotopic (exact) mass is 362 g/mol. The van der Waals surface area contributed by atoms with E-state index >= 15 is 0 Å². The van der Waals surface area contributed by atoms with Gasteiger partial charge in [0, 0.05) is 19.1 Å². The predicted molar refractivity (Wildman–Crippen MR) is 99.6 cm³/mol. The van der Waals surface area contributed by atoms with Crippen LogP contribution in [-0.4, -0.2) is 48.2 Å². The van der Waals surface area contributed by atoms with Crippen LogP contribution < -0.4 is 5.32 Å². The molecule has 0 aromatic heterocycles. The van der Waals surface area contributed by atoms with Crippen LogP contribution in [0.15, 0.2) is 30.3 Å². The number of benzene rings is 1. The summed E-state index contributed by atoms with van der Waals surface area (Å²) in [7, 11) is 0. The molecule has 2 unspecified atom stereocenters. The average Bonchev–Trinajstić information content (AvgIpc) is 2.51. The molecular formula is C20H30N2O4. The molecular weight excluding hydrogens is 332 g/mol. The van der Waals surface area contributed by atoms with E-state index in [0.29, 0.717) is 12.5 Å². The third kappa shape index (κ3) is 7.44. The zero-order valence-electron chi connectivity index (χ0n) is 16.2. The molecule has 0 spiro atoms. The summed E-state index contributed by atoms with van der Waals surface area (Å²) < 4.78 is 10.7. The van der Waals surface area contributed by atoms with Crippen molar-refractivity contribution in [3.63, 3.8) is 0 Å². The minimum absolute atomic E-state index is 0.0319. The van der Waals surface area contributed by atoms with Gasteiger partial charge in [-0.1, -0.05) is 37.3 Å². The highest BCUT2D eigenvalue weighted by atomic mass is 16.6. The van der Waals surface area contributed by atoms with Gasteiger partial charge in [0.05, 0.1) is 6.54 Å². The number of hydrogen-bond donors (Lipinski definition) is 1. The fraction of sp³-hybridized carbons (Fsp3) is 0.600. The molecule has 0 radical (unpaired) electrons. The Morgan fingerprint density at radius 3 is 2.54 bits per heavy atom. The Labute approximate surface area is 155 Å². The lowest BCUT2D eigenvalue weighted by Gasteiger charge is -2.36. The Hall–Kier alpha value is -2.08. The summed E-state index contributed by atoms with van der Waals surface area (Å²) in [6, 6.07) is 9.59. The van der Waals surface area contributed by atoms with Gasteiger partial charge in [-0.25, -0.2) is 4.79 Å². The van der Waals surface area contributed by atoms with Crippen LogP contribution in [0.4, 0.5) is 4.79 Å². The molecule has 26 heavy (non-hydrogen) atoms. The predicted octanol–water partition coefficient (Wildman–Crippen LogP) is 2.96. The van der Waals surface area contributed by atoms with Crippen molar-refractivity contribution in [1.82, 2.24) is 10.2 Å². The molecule has 1 aliphatic rings. The van der Waals surface area contributed by atoms with Gasteiger partial charge in [0.15, 0.2) is 0 Å². The van der Waals surface area contributed by atoms with E-state index in [9.17, 15) is 9.59 Å². The van der Waals surface area contributed by atoms with Gasteiger partial charge in [0.2, 0.25) is 0 Å². The Balaban J connectivity index is 1.79. The Kier molecular flexibility index (Phi) is 7.03. The van der Waals surface area contributed by atoms with E-state index < -0.39 is 11.7 Å². The van der Waals surface area contributed by atoms with Crippen LogP contribution in [0.2, 0.25) is 0 Å². The summed E-state index contributed by atoms with van der Waals surface area (Å²) in [5.41, 5.74) is 0.447. The van der Waals surface area contributed by atoms with E-state index in [1.807, 2.05) is 56.0 Å². The lowest BCUT2D eigenvalue weighted by atomic mass is 9.96. The van der Waals surface area contributed by atoms with Crippen LogP contribution in [0.3, 0.4) is 0 Å². The van der Waals surface area contributed by atoms with Crippen LogP contribution in [-0.2, 0) is 20.9 Å². The Morgan fingerprint density at radius 2 is 1.88 bits per heavy atom. The molecule has 1 saturated heterocycles. The molecule has 6 heteroatoms. The number of hydrogen-bond acceptors (Lipinski definition) is 5. The molecule has 1 amide bonds. The molecule has 1 heterocycles. The van der Waals surface area contributed by atoms with Gasteiger partial charge in [0.1, 0.15) is 12.2 Å². The van der Waals surface area contributed by atoms with Crippen molar-refractivity contribution in [1.29, 1.82) is 0 Å². The summed E-state index contributed by atoms with van der Waals surface area (Å²) in [6.07, 6.45) is 0.456. The second kappa shape index (κ2) is 9.03. The second-order valence-electron chi connectivity index (χ2n) is 8.02. The summed E-state index contributed by atoms with van der Waals surface area (Å²) in [5, 5.41) is 2.91. The third-order valence-electron chi connectivity index (χ3n) is 4.05. The summed E-state index contributed by atoms with van der Waals surface area (Å²) in [5.74, 6) is 0.129. The van der Waals surface area contributed by atoms with E-state index in [-0.39, 0.29) is 25.2 Å². The summed E-state index contributed by atoms with van der Waals surface area (Å²) in [6.45, 7) is 9.57. The molecule has 1 fully saturated rings. The van der Waals surface area contributed by atoms with E-state index in [1.165, 1.54) is 0 Å². The smallest absolute Gasteiger partial charge is 0.407 e. The SMILES string of the molecule is CC1CC(NC(=O)OC(C)(C)C)CN(CC(=O)OCc2ccccc2)C1. The van der Waals surface area contributed by atoms with Crippen LogP contribution in [0.1, 0.15) is 39.7 Å². The average molecular weight is 362 g/mol. The maximum atomic E-state index is 12.1. The van der Waals surface area contributed by atoms with Gasteiger partial charge >= 0.3 is 12.1 Å². The Morgan fingerprint density at radius 1 is 1.19 bits per heavy atom. The van der Waals surface area contributed by atoms with Crippen molar-refractivity contribution in [3.05, 3.63) is 35.9 Å². The molecule has 1 N–H and O–H groups in total. The van der Waals surface area contributed by atoms with Crippen molar-refractivity contribution in [3.8, 4) is 0 Å². The van der Waals surface area contributed by atoms with Gasteiger partial charge in [-0.15, -0.1) is 0 Å². The first-order valence-corrected chi connectivity index (χ1v) is 9.12. The third-order valence-corrected chi connectivity index (χ3v) is 4.05. The van der Waals surface area contributed by atoms with Crippen molar-refractivity contribution < 1.29 is 19.1 Å². The lowest BCUT2D eigenvalue weighted by molar-refractivity contribution is -0.146. The lowest BCUT2D eigenvalue weighted by Crippen LogP contribution is -2.52. The number of esters is 1. The number of amides is 1. The molecule has 0 aliphatic carbocycles. The molecule has 0 bridgehead atoms. The zero-order valence-corrected chi connectivity index (χ0v) is 16.2. The topological polar surface area (TPSA) is 67.9 Å².